The minimum Gasteiger partial charge on any atom is -0.468 e. The number of amides is 1. The Labute approximate surface area is 127 Å². The maximum Gasteiger partial charge on any atom is 0.274 e. The highest BCUT2D eigenvalue weighted by Crippen LogP contribution is 2.22. The van der Waals surface area contributed by atoms with Crippen molar-refractivity contribution in [3.63, 3.8) is 0 Å². The summed E-state index contributed by atoms with van der Waals surface area (Å²) in [7, 11) is -3.36. The summed E-state index contributed by atoms with van der Waals surface area (Å²) in [5.41, 5.74) is 0.228. The van der Waals surface area contributed by atoms with E-state index in [1.54, 1.807) is 12.1 Å². The SMILES string of the molecule is O=C(c1cnccn1)N1CCC(S(=O)(=O)Cc2ccco2)C1. The predicted octanol–water partition coefficient (Wildman–Crippen LogP) is 0.899. The van der Waals surface area contributed by atoms with Crippen LogP contribution in [0.15, 0.2) is 41.4 Å². The van der Waals surface area contributed by atoms with Gasteiger partial charge in [0.2, 0.25) is 0 Å². The van der Waals surface area contributed by atoms with Crippen LogP contribution in [0, 0.1) is 0 Å². The van der Waals surface area contributed by atoms with Crippen molar-refractivity contribution in [2.45, 2.75) is 17.4 Å². The van der Waals surface area contributed by atoms with E-state index in [2.05, 4.69) is 9.97 Å². The number of carbonyl (C=O) groups excluding carboxylic acids is 1. The summed E-state index contributed by atoms with van der Waals surface area (Å²) >= 11 is 0. The topological polar surface area (TPSA) is 93.4 Å². The van der Waals surface area contributed by atoms with Crippen molar-refractivity contribution in [1.29, 1.82) is 0 Å². The van der Waals surface area contributed by atoms with Gasteiger partial charge in [-0.25, -0.2) is 13.4 Å². The average molecular weight is 321 g/mol. The Morgan fingerprint density at radius 3 is 2.95 bits per heavy atom. The summed E-state index contributed by atoms with van der Waals surface area (Å²) in [4.78, 5) is 21.6. The number of furan rings is 1. The van der Waals surface area contributed by atoms with Crippen molar-refractivity contribution >= 4 is 15.7 Å². The summed E-state index contributed by atoms with van der Waals surface area (Å²) in [5.74, 6) is -0.0137. The van der Waals surface area contributed by atoms with Crippen LogP contribution in [0.1, 0.15) is 22.7 Å². The molecule has 1 unspecified atom stereocenters. The third-order valence-electron chi connectivity index (χ3n) is 3.65. The molecule has 1 saturated heterocycles. The Balaban J connectivity index is 1.68. The first kappa shape index (κ1) is 14.7. The molecule has 0 spiro atoms. The van der Waals surface area contributed by atoms with Gasteiger partial charge in [-0.1, -0.05) is 0 Å². The van der Waals surface area contributed by atoms with E-state index >= 15 is 0 Å². The Kier molecular flexibility index (Phi) is 3.93. The molecule has 0 aliphatic carbocycles. The number of likely N-dealkylation sites (tertiary alicyclic amines) is 1. The smallest absolute Gasteiger partial charge is 0.274 e. The van der Waals surface area contributed by atoms with Crippen molar-refractivity contribution in [1.82, 2.24) is 14.9 Å². The third kappa shape index (κ3) is 3.01. The number of sulfone groups is 1. The maximum absolute atomic E-state index is 12.4. The molecular weight excluding hydrogens is 306 g/mol. The molecule has 3 heterocycles. The van der Waals surface area contributed by atoms with Crippen LogP contribution >= 0.6 is 0 Å². The van der Waals surface area contributed by atoms with Crippen LogP contribution in [-0.4, -0.2) is 47.5 Å². The third-order valence-corrected chi connectivity index (χ3v) is 5.73. The number of aromatic nitrogens is 2. The minimum absolute atomic E-state index is 0.141. The van der Waals surface area contributed by atoms with Gasteiger partial charge in [0.15, 0.2) is 9.84 Å². The fourth-order valence-corrected chi connectivity index (χ4v) is 4.16. The first-order valence-corrected chi connectivity index (χ1v) is 8.57. The molecule has 22 heavy (non-hydrogen) atoms. The highest BCUT2D eigenvalue weighted by atomic mass is 32.2. The van der Waals surface area contributed by atoms with Gasteiger partial charge in [0.1, 0.15) is 17.2 Å². The Morgan fingerprint density at radius 2 is 2.27 bits per heavy atom. The normalized spacial score (nSPS) is 18.5. The van der Waals surface area contributed by atoms with E-state index in [1.165, 1.54) is 29.8 Å². The number of nitrogens with zero attached hydrogens (tertiary/aromatic N) is 3. The minimum atomic E-state index is -3.36. The van der Waals surface area contributed by atoms with Crippen LogP contribution in [0.25, 0.3) is 0 Å². The molecule has 0 N–H and O–H groups in total. The van der Waals surface area contributed by atoms with Crippen molar-refractivity contribution in [3.05, 3.63) is 48.4 Å². The monoisotopic (exact) mass is 321 g/mol. The molecule has 1 amide bonds. The highest BCUT2D eigenvalue weighted by Gasteiger charge is 2.36. The number of hydrogen-bond donors (Lipinski definition) is 0. The summed E-state index contributed by atoms with van der Waals surface area (Å²) in [6.07, 6.45) is 6.18. The van der Waals surface area contributed by atoms with E-state index in [0.29, 0.717) is 18.7 Å². The standard InChI is InChI=1S/C14H15N3O4S/c18-14(13-8-15-4-5-16-13)17-6-3-12(9-17)22(19,20)10-11-2-1-7-21-11/h1-2,4-5,7-8,12H,3,6,9-10H2. The quantitative estimate of drug-likeness (QED) is 0.830. The zero-order valence-corrected chi connectivity index (χ0v) is 12.6. The second kappa shape index (κ2) is 5.88. The Hall–Kier alpha value is -2.22. The molecule has 0 bridgehead atoms. The van der Waals surface area contributed by atoms with E-state index in [1.807, 2.05) is 0 Å². The van der Waals surface area contributed by atoms with Gasteiger partial charge in [-0.15, -0.1) is 0 Å². The van der Waals surface area contributed by atoms with E-state index in [-0.39, 0.29) is 23.9 Å². The molecule has 2 aromatic heterocycles. The van der Waals surface area contributed by atoms with E-state index in [9.17, 15) is 13.2 Å². The number of hydrogen-bond acceptors (Lipinski definition) is 6. The van der Waals surface area contributed by atoms with Gasteiger partial charge in [-0.05, 0) is 18.6 Å². The van der Waals surface area contributed by atoms with Crippen LogP contribution in [0.2, 0.25) is 0 Å². The highest BCUT2D eigenvalue weighted by molar-refractivity contribution is 7.91. The predicted molar refractivity (Wildman–Crippen MR) is 77.7 cm³/mol. The van der Waals surface area contributed by atoms with Crippen molar-refractivity contribution in [3.8, 4) is 0 Å². The summed E-state index contributed by atoms with van der Waals surface area (Å²) in [6.45, 7) is 0.579. The summed E-state index contributed by atoms with van der Waals surface area (Å²) in [5, 5.41) is -0.571. The molecule has 1 atom stereocenters. The molecule has 1 aliphatic heterocycles. The molecule has 0 aromatic carbocycles. The van der Waals surface area contributed by atoms with Gasteiger partial charge in [0.05, 0.1) is 17.7 Å². The zero-order chi connectivity index (χ0) is 15.6. The van der Waals surface area contributed by atoms with Crippen molar-refractivity contribution < 1.29 is 17.6 Å². The fourth-order valence-electron chi connectivity index (χ4n) is 2.49. The molecule has 2 aromatic rings. The summed E-state index contributed by atoms with van der Waals surface area (Å²) < 4.78 is 29.9. The second-order valence-electron chi connectivity index (χ2n) is 5.14. The summed E-state index contributed by atoms with van der Waals surface area (Å²) in [6, 6.07) is 3.29. The number of carbonyl (C=O) groups is 1. The van der Waals surface area contributed by atoms with E-state index < -0.39 is 15.1 Å². The largest absolute Gasteiger partial charge is 0.468 e. The molecule has 0 saturated carbocycles. The van der Waals surface area contributed by atoms with E-state index in [4.69, 9.17) is 4.42 Å². The van der Waals surface area contributed by atoms with Crippen molar-refractivity contribution in [2.24, 2.45) is 0 Å². The average Bonchev–Trinajstić information content (AvgIpc) is 3.18. The molecule has 8 heteroatoms. The van der Waals surface area contributed by atoms with Gasteiger partial charge in [-0.2, -0.15) is 0 Å². The molecule has 0 radical (unpaired) electrons. The van der Waals surface area contributed by atoms with Gasteiger partial charge < -0.3 is 9.32 Å². The lowest BCUT2D eigenvalue weighted by molar-refractivity contribution is 0.0787. The van der Waals surface area contributed by atoms with Gasteiger partial charge in [0.25, 0.3) is 5.91 Å². The first-order chi connectivity index (χ1) is 10.6. The maximum atomic E-state index is 12.4. The Morgan fingerprint density at radius 1 is 1.41 bits per heavy atom. The van der Waals surface area contributed by atoms with Gasteiger partial charge in [-0.3, -0.25) is 9.78 Å². The fraction of sp³-hybridized carbons (Fsp3) is 0.357. The molecule has 116 valence electrons. The lowest BCUT2D eigenvalue weighted by Gasteiger charge is -2.15. The van der Waals surface area contributed by atoms with Crippen LogP contribution in [0.4, 0.5) is 0 Å². The van der Waals surface area contributed by atoms with Gasteiger partial charge >= 0.3 is 0 Å². The van der Waals surface area contributed by atoms with Gasteiger partial charge in [0, 0.05) is 25.5 Å². The molecule has 1 aliphatic rings. The molecule has 3 rings (SSSR count). The molecular formula is C14H15N3O4S. The zero-order valence-electron chi connectivity index (χ0n) is 11.8. The van der Waals surface area contributed by atoms with Crippen molar-refractivity contribution in [2.75, 3.05) is 13.1 Å². The van der Waals surface area contributed by atoms with Crippen LogP contribution < -0.4 is 0 Å². The second-order valence-corrected chi connectivity index (χ2v) is 7.42. The lowest BCUT2D eigenvalue weighted by atomic mass is 10.4. The lowest BCUT2D eigenvalue weighted by Crippen LogP contribution is -2.32. The molecule has 1 fully saturated rings. The molecule has 7 nitrogen and oxygen atoms in total. The van der Waals surface area contributed by atoms with Crippen LogP contribution in [0.3, 0.4) is 0 Å². The first-order valence-electron chi connectivity index (χ1n) is 6.85. The van der Waals surface area contributed by atoms with Crippen LogP contribution in [-0.2, 0) is 15.6 Å². The Bertz CT molecular complexity index is 744. The van der Waals surface area contributed by atoms with E-state index in [0.717, 1.165) is 0 Å². The number of rotatable bonds is 4. The van der Waals surface area contributed by atoms with Crippen LogP contribution in [0.5, 0.6) is 0 Å².